The average molecular weight is 256 g/mol. The van der Waals surface area contributed by atoms with Gasteiger partial charge in [-0.05, 0) is 48.9 Å². The number of hydrogen-bond acceptors (Lipinski definition) is 2. The molecule has 1 saturated heterocycles. The minimum Gasteiger partial charge on any atom is -0.310 e. The topological polar surface area (TPSA) is 12.0 Å². The molecule has 1 heterocycles. The quantitative estimate of drug-likeness (QED) is 0.880. The first-order valence-electron chi connectivity index (χ1n) is 5.83. The van der Waals surface area contributed by atoms with Gasteiger partial charge in [0.2, 0.25) is 0 Å². The molecule has 1 aliphatic rings. The Morgan fingerprint density at radius 2 is 2.31 bits per heavy atom. The Bertz CT molecular complexity index is 336. The first-order chi connectivity index (χ1) is 7.77. The smallest absolute Gasteiger partial charge is 0.0453 e. The maximum Gasteiger partial charge on any atom is 0.0453 e. The van der Waals surface area contributed by atoms with Crippen LogP contribution in [0.4, 0.5) is 0 Å². The highest BCUT2D eigenvalue weighted by atomic mass is 35.5. The molecule has 3 heteroatoms. The van der Waals surface area contributed by atoms with E-state index >= 15 is 0 Å². The van der Waals surface area contributed by atoms with Crippen LogP contribution >= 0.6 is 23.4 Å². The predicted molar refractivity (Wildman–Crippen MR) is 73.3 cm³/mol. The zero-order chi connectivity index (χ0) is 11.4. The fraction of sp³-hybridized carbons (Fsp3) is 0.538. The molecule has 2 rings (SSSR count). The van der Waals surface area contributed by atoms with Crippen molar-refractivity contribution < 1.29 is 0 Å². The summed E-state index contributed by atoms with van der Waals surface area (Å²) in [5.74, 6) is 3.48. The molecule has 0 amide bonds. The van der Waals surface area contributed by atoms with E-state index in [-0.39, 0.29) is 0 Å². The van der Waals surface area contributed by atoms with Gasteiger partial charge in [-0.25, -0.2) is 0 Å². The third kappa shape index (κ3) is 3.16. The summed E-state index contributed by atoms with van der Waals surface area (Å²) in [6, 6.07) is 8.43. The second kappa shape index (κ2) is 5.95. The molecular weight excluding hydrogens is 238 g/mol. The summed E-state index contributed by atoms with van der Waals surface area (Å²) < 4.78 is 0. The molecule has 0 spiro atoms. The van der Waals surface area contributed by atoms with Crippen molar-refractivity contribution in [2.45, 2.75) is 19.4 Å². The Kier molecular flexibility index (Phi) is 4.56. The lowest BCUT2D eigenvalue weighted by atomic mass is 10.1. The summed E-state index contributed by atoms with van der Waals surface area (Å²) in [5, 5.41) is 4.45. The number of hydrogen-bond donors (Lipinski definition) is 1. The van der Waals surface area contributed by atoms with Crippen molar-refractivity contribution in [2.75, 3.05) is 18.1 Å². The second-order valence-corrected chi connectivity index (χ2v) is 5.94. The van der Waals surface area contributed by atoms with E-state index in [0.29, 0.717) is 6.04 Å². The molecule has 88 valence electrons. The fourth-order valence-electron chi connectivity index (χ4n) is 2.02. The molecule has 0 aromatic heterocycles. The largest absolute Gasteiger partial charge is 0.310 e. The molecule has 0 saturated carbocycles. The van der Waals surface area contributed by atoms with Crippen LogP contribution in [0.3, 0.4) is 0 Å². The van der Waals surface area contributed by atoms with E-state index in [9.17, 15) is 0 Å². The van der Waals surface area contributed by atoms with Gasteiger partial charge >= 0.3 is 0 Å². The average Bonchev–Trinajstić information content (AvgIpc) is 2.79. The number of halogens is 1. The molecule has 1 N–H and O–H groups in total. The van der Waals surface area contributed by atoms with Crippen molar-refractivity contribution >= 4 is 23.4 Å². The van der Waals surface area contributed by atoms with Gasteiger partial charge in [0.1, 0.15) is 0 Å². The Morgan fingerprint density at radius 3 is 3.00 bits per heavy atom. The number of rotatable bonds is 4. The van der Waals surface area contributed by atoms with Gasteiger partial charge in [0.05, 0.1) is 0 Å². The van der Waals surface area contributed by atoms with Crippen LogP contribution in [-0.4, -0.2) is 18.1 Å². The Balaban J connectivity index is 1.87. The van der Waals surface area contributed by atoms with E-state index in [1.54, 1.807) is 0 Å². The molecule has 1 unspecified atom stereocenters. The second-order valence-electron chi connectivity index (χ2n) is 4.38. The molecule has 1 aromatic carbocycles. The lowest BCUT2D eigenvalue weighted by Crippen LogP contribution is -2.25. The SMILES string of the molecule is C[C@H](NCC1CCSC1)c1ccccc1Cl. The normalized spacial score (nSPS) is 22.2. The molecule has 0 radical (unpaired) electrons. The maximum absolute atomic E-state index is 6.17. The van der Waals surface area contributed by atoms with Crippen molar-refractivity contribution in [3.8, 4) is 0 Å². The van der Waals surface area contributed by atoms with Gasteiger partial charge in [0, 0.05) is 11.1 Å². The van der Waals surface area contributed by atoms with Crippen LogP contribution in [0.15, 0.2) is 24.3 Å². The summed E-state index contributed by atoms with van der Waals surface area (Å²) in [6.45, 7) is 3.29. The summed E-state index contributed by atoms with van der Waals surface area (Å²) >= 11 is 8.24. The predicted octanol–water partition coefficient (Wildman–Crippen LogP) is 3.74. The van der Waals surface area contributed by atoms with Crippen molar-refractivity contribution in [3.05, 3.63) is 34.9 Å². The van der Waals surface area contributed by atoms with Crippen LogP contribution in [0.25, 0.3) is 0 Å². The van der Waals surface area contributed by atoms with Gasteiger partial charge in [-0.1, -0.05) is 29.8 Å². The third-order valence-electron chi connectivity index (χ3n) is 3.11. The van der Waals surface area contributed by atoms with Crippen LogP contribution in [0.5, 0.6) is 0 Å². The summed E-state index contributed by atoms with van der Waals surface area (Å²) in [4.78, 5) is 0. The number of thioether (sulfide) groups is 1. The van der Waals surface area contributed by atoms with Crippen LogP contribution in [-0.2, 0) is 0 Å². The molecule has 1 aromatic rings. The van der Waals surface area contributed by atoms with Crippen molar-refractivity contribution in [2.24, 2.45) is 5.92 Å². The van der Waals surface area contributed by atoms with Crippen molar-refractivity contribution in [1.29, 1.82) is 0 Å². The lowest BCUT2D eigenvalue weighted by molar-refractivity contribution is 0.477. The highest BCUT2D eigenvalue weighted by Gasteiger charge is 2.16. The van der Waals surface area contributed by atoms with Gasteiger partial charge in [-0.15, -0.1) is 0 Å². The van der Waals surface area contributed by atoms with Crippen LogP contribution < -0.4 is 5.32 Å². The first-order valence-corrected chi connectivity index (χ1v) is 7.36. The van der Waals surface area contributed by atoms with Crippen LogP contribution in [0, 0.1) is 5.92 Å². The molecule has 0 aliphatic carbocycles. The Morgan fingerprint density at radius 1 is 1.50 bits per heavy atom. The van der Waals surface area contributed by atoms with Gasteiger partial charge in [-0.2, -0.15) is 11.8 Å². The van der Waals surface area contributed by atoms with E-state index in [0.717, 1.165) is 17.5 Å². The lowest BCUT2D eigenvalue weighted by Gasteiger charge is -2.18. The van der Waals surface area contributed by atoms with Gasteiger partial charge in [0.25, 0.3) is 0 Å². The number of benzene rings is 1. The monoisotopic (exact) mass is 255 g/mol. The maximum atomic E-state index is 6.17. The van der Waals surface area contributed by atoms with Gasteiger partial charge in [-0.3, -0.25) is 0 Å². The first kappa shape index (κ1) is 12.3. The molecule has 0 bridgehead atoms. The summed E-state index contributed by atoms with van der Waals surface area (Å²) in [6.07, 6.45) is 1.35. The fourth-order valence-corrected chi connectivity index (χ4v) is 3.61. The molecule has 16 heavy (non-hydrogen) atoms. The molecular formula is C13H18ClNS. The molecule has 1 aliphatic heterocycles. The molecule has 2 atom stereocenters. The van der Waals surface area contributed by atoms with E-state index < -0.39 is 0 Å². The van der Waals surface area contributed by atoms with E-state index in [1.807, 2.05) is 18.2 Å². The zero-order valence-corrected chi connectivity index (χ0v) is 11.2. The standard InChI is InChI=1S/C13H18ClNS/c1-10(12-4-2-3-5-13(12)14)15-8-11-6-7-16-9-11/h2-5,10-11,15H,6-9H2,1H3/t10-,11?/m0/s1. The highest BCUT2D eigenvalue weighted by Crippen LogP contribution is 2.25. The van der Waals surface area contributed by atoms with Crippen molar-refractivity contribution in [1.82, 2.24) is 5.32 Å². The van der Waals surface area contributed by atoms with E-state index in [1.165, 1.54) is 23.5 Å². The third-order valence-corrected chi connectivity index (χ3v) is 4.68. The zero-order valence-electron chi connectivity index (χ0n) is 9.58. The minimum absolute atomic E-state index is 0.347. The van der Waals surface area contributed by atoms with Gasteiger partial charge in [0.15, 0.2) is 0 Å². The van der Waals surface area contributed by atoms with E-state index in [4.69, 9.17) is 11.6 Å². The number of nitrogens with one attached hydrogen (secondary N) is 1. The molecule has 1 fully saturated rings. The van der Waals surface area contributed by atoms with Crippen LogP contribution in [0.1, 0.15) is 24.9 Å². The van der Waals surface area contributed by atoms with E-state index in [2.05, 4.69) is 30.1 Å². The summed E-state index contributed by atoms with van der Waals surface area (Å²) in [7, 11) is 0. The molecule has 1 nitrogen and oxygen atoms in total. The summed E-state index contributed by atoms with van der Waals surface area (Å²) in [5.41, 5.74) is 1.20. The Hall–Kier alpha value is -0.180. The van der Waals surface area contributed by atoms with Crippen LogP contribution in [0.2, 0.25) is 5.02 Å². The Labute approximate surface area is 107 Å². The van der Waals surface area contributed by atoms with Gasteiger partial charge < -0.3 is 5.32 Å². The van der Waals surface area contributed by atoms with Crippen molar-refractivity contribution in [3.63, 3.8) is 0 Å². The minimum atomic E-state index is 0.347. The highest BCUT2D eigenvalue weighted by molar-refractivity contribution is 7.99.